The minimum atomic E-state index is -1.11. The monoisotopic (exact) mass is 340 g/mol. The van der Waals surface area contributed by atoms with Crippen molar-refractivity contribution in [1.29, 1.82) is 0 Å². The largest absolute Gasteiger partial charge is 0.480 e. The molecule has 130 valence electrons. The van der Waals surface area contributed by atoms with Gasteiger partial charge < -0.3 is 20.0 Å². The predicted molar refractivity (Wildman–Crippen MR) is 91.7 cm³/mol. The van der Waals surface area contributed by atoms with Crippen LogP contribution in [0.15, 0.2) is 60.7 Å². The van der Waals surface area contributed by atoms with Crippen molar-refractivity contribution >= 4 is 12.0 Å². The maximum atomic E-state index is 12.9. The minimum Gasteiger partial charge on any atom is -0.480 e. The fraction of sp³-hybridized carbons (Fsp3) is 0.263. The van der Waals surface area contributed by atoms with Crippen LogP contribution in [-0.2, 0) is 17.9 Å². The highest BCUT2D eigenvalue weighted by molar-refractivity contribution is 5.87. The van der Waals surface area contributed by atoms with Crippen LogP contribution in [0.25, 0.3) is 0 Å². The van der Waals surface area contributed by atoms with Crippen LogP contribution in [0.2, 0.25) is 0 Å². The van der Waals surface area contributed by atoms with E-state index in [-0.39, 0.29) is 19.1 Å². The van der Waals surface area contributed by atoms with Crippen LogP contribution in [0.5, 0.6) is 0 Å². The number of amides is 2. The van der Waals surface area contributed by atoms with Gasteiger partial charge in [0, 0.05) is 13.1 Å². The van der Waals surface area contributed by atoms with Crippen LogP contribution >= 0.6 is 0 Å². The number of aliphatic hydroxyl groups is 1. The Kier molecular flexibility index (Phi) is 5.00. The lowest BCUT2D eigenvalue weighted by Crippen LogP contribution is -2.45. The second-order valence-corrected chi connectivity index (χ2v) is 6.04. The summed E-state index contributed by atoms with van der Waals surface area (Å²) in [4.78, 5) is 27.4. The van der Waals surface area contributed by atoms with Crippen molar-refractivity contribution in [2.75, 3.05) is 6.61 Å². The van der Waals surface area contributed by atoms with Crippen molar-refractivity contribution in [2.24, 2.45) is 0 Å². The van der Waals surface area contributed by atoms with Gasteiger partial charge in [0.15, 0.2) is 6.04 Å². The summed E-state index contributed by atoms with van der Waals surface area (Å²) >= 11 is 0. The first-order valence-corrected chi connectivity index (χ1v) is 8.10. The molecule has 25 heavy (non-hydrogen) atoms. The molecule has 2 amide bonds. The Labute approximate surface area is 145 Å². The van der Waals surface area contributed by atoms with Gasteiger partial charge in [0.1, 0.15) is 0 Å². The van der Waals surface area contributed by atoms with Gasteiger partial charge in [0.2, 0.25) is 0 Å². The Bertz CT molecular complexity index is 736. The van der Waals surface area contributed by atoms with Crippen LogP contribution in [0.3, 0.4) is 0 Å². The van der Waals surface area contributed by atoms with E-state index >= 15 is 0 Å². The van der Waals surface area contributed by atoms with E-state index in [0.29, 0.717) is 0 Å². The van der Waals surface area contributed by atoms with Gasteiger partial charge in [-0.2, -0.15) is 0 Å². The molecule has 0 aromatic heterocycles. The van der Waals surface area contributed by atoms with Gasteiger partial charge in [0.05, 0.1) is 12.6 Å². The number of hydrogen-bond donors (Lipinski definition) is 2. The first-order chi connectivity index (χ1) is 12.1. The van der Waals surface area contributed by atoms with Crippen molar-refractivity contribution in [3.63, 3.8) is 0 Å². The molecule has 0 saturated carbocycles. The Hall–Kier alpha value is -2.86. The number of carbonyl (C=O) groups excluding carboxylic acids is 1. The van der Waals surface area contributed by atoms with E-state index in [2.05, 4.69) is 0 Å². The number of nitrogens with zero attached hydrogens (tertiary/aromatic N) is 2. The minimum absolute atomic E-state index is 0.193. The van der Waals surface area contributed by atoms with E-state index in [1.165, 1.54) is 9.80 Å². The number of urea groups is 1. The molecule has 2 N–H and O–H groups in total. The fourth-order valence-corrected chi connectivity index (χ4v) is 3.21. The second-order valence-electron chi connectivity index (χ2n) is 6.04. The standard InChI is InChI=1S/C19H20N2O4/c22-13-16-17(18(23)24)21(12-15-9-5-2-6-10-15)19(25)20(16)11-14-7-3-1-4-8-14/h1-10,16-17,22H,11-13H2,(H,23,24)/t16-,17+/m1/s1. The molecule has 0 radical (unpaired) electrons. The smallest absolute Gasteiger partial charge is 0.328 e. The van der Waals surface area contributed by atoms with Gasteiger partial charge in [-0.1, -0.05) is 60.7 Å². The molecular formula is C19H20N2O4. The highest BCUT2D eigenvalue weighted by Gasteiger charge is 2.49. The summed E-state index contributed by atoms with van der Waals surface area (Å²) in [5.74, 6) is -1.11. The highest BCUT2D eigenvalue weighted by atomic mass is 16.4. The molecule has 0 aliphatic carbocycles. The molecule has 1 aliphatic heterocycles. The molecule has 0 unspecified atom stereocenters. The molecule has 1 aliphatic rings. The highest BCUT2D eigenvalue weighted by Crippen LogP contribution is 2.27. The summed E-state index contributed by atoms with van der Waals surface area (Å²) in [6.07, 6.45) is 0. The first kappa shape index (κ1) is 17.0. The van der Waals surface area contributed by atoms with E-state index in [9.17, 15) is 19.8 Å². The predicted octanol–water partition coefficient (Wildman–Crippen LogP) is 1.94. The van der Waals surface area contributed by atoms with Crippen molar-refractivity contribution in [3.05, 3.63) is 71.8 Å². The molecule has 6 nitrogen and oxygen atoms in total. The number of aliphatic hydroxyl groups excluding tert-OH is 1. The zero-order chi connectivity index (χ0) is 17.8. The molecule has 2 atom stereocenters. The Morgan fingerprint density at radius 3 is 1.80 bits per heavy atom. The van der Waals surface area contributed by atoms with Gasteiger partial charge in [0.25, 0.3) is 0 Å². The molecular weight excluding hydrogens is 320 g/mol. The van der Waals surface area contributed by atoms with Crippen LogP contribution in [-0.4, -0.2) is 50.7 Å². The van der Waals surface area contributed by atoms with E-state index in [0.717, 1.165) is 11.1 Å². The van der Waals surface area contributed by atoms with Crippen LogP contribution in [0.1, 0.15) is 11.1 Å². The number of benzene rings is 2. The molecule has 0 bridgehead atoms. The molecule has 2 aromatic rings. The third-order valence-electron chi connectivity index (χ3n) is 4.42. The maximum absolute atomic E-state index is 12.9. The summed E-state index contributed by atoms with van der Waals surface area (Å²) in [5, 5.41) is 19.4. The number of carboxylic acids is 1. The molecule has 3 rings (SSSR count). The zero-order valence-electron chi connectivity index (χ0n) is 13.7. The molecule has 0 spiro atoms. The summed E-state index contributed by atoms with van der Waals surface area (Å²) < 4.78 is 0. The Morgan fingerprint density at radius 2 is 1.36 bits per heavy atom. The molecule has 1 saturated heterocycles. The SMILES string of the molecule is O=C(O)[C@@H]1[C@@H](CO)N(Cc2ccccc2)C(=O)N1Cc1ccccc1. The van der Waals surface area contributed by atoms with E-state index in [4.69, 9.17) is 0 Å². The van der Waals surface area contributed by atoms with Crippen molar-refractivity contribution in [1.82, 2.24) is 9.80 Å². The number of carbonyl (C=O) groups is 2. The third kappa shape index (κ3) is 3.49. The topological polar surface area (TPSA) is 81.1 Å². The maximum Gasteiger partial charge on any atom is 0.328 e. The Morgan fingerprint density at radius 1 is 0.880 bits per heavy atom. The number of hydrogen-bond acceptors (Lipinski definition) is 3. The van der Waals surface area contributed by atoms with E-state index in [1.807, 2.05) is 60.7 Å². The van der Waals surface area contributed by atoms with Crippen molar-refractivity contribution in [2.45, 2.75) is 25.2 Å². The summed E-state index contributed by atoms with van der Waals surface area (Å²) in [7, 11) is 0. The normalized spacial score (nSPS) is 20.1. The van der Waals surface area contributed by atoms with Gasteiger partial charge in [-0.25, -0.2) is 9.59 Å². The fourth-order valence-electron chi connectivity index (χ4n) is 3.21. The number of carboxylic acid groups (broad SMARTS) is 1. The van der Waals surface area contributed by atoms with Gasteiger partial charge in [-0.3, -0.25) is 0 Å². The van der Waals surface area contributed by atoms with Gasteiger partial charge in [-0.15, -0.1) is 0 Å². The second kappa shape index (κ2) is 7.36. The third-order valence-corrected chi connectivity index (χ3v) is 4.42. The quantitative estimate of drug-likeness (QED) is 0.842. The van der Waals surface area contributed by atoms with E-state index in [1.54, 1.807) is 0 Å². The van der Waals surface area contributed by atoms with Gasteiger partial charge >= 0.3 is 12.0 Å². The number of rotatable bonds is 6. The molecule has 1 fully saturated rings. The van der Waals surface area contributed by atoms with Gasteiger partial charge in [-0.05, 0) is 11.1 Å². The van der Waals surface area contributed by atoms with Crippen molar-refractivity contribution < 1.29 is 19.8 Å². The van der Waals surface area contributed by atoms with Crippen LogP contribution in [0.4, 0.5) is 4.79 Å². The first-order valence-electron chi connectivity index (χ1n) is 8.10. The summed E-state index contributed by atoms with van der Waals surface area (Å²) in [6.45, 7) is 0.0548. The average Bonchev–Trinajstić information content (AvgIpc) is 2.89. The van der Waals surface area contributed by atoms with Crippen LogP contribution < -0.4 is 0 Å². The lowest BCUT2D eigenvalue weighted by molar-refractivity contribution is -0.143. The zero-order valence-corrected chi connectivity index (χ0v) is 13.7. The average molecular weight is 340 g/mol. The summed E-state index contributed by atoms with van der Waals surface area (Å²) in [5.41, 5.74) is 1.74. The summed E-state index contributed by atoms with van der Waals surface area (Å²) in [6, 6.07) is 16.3. The molecule has 6 heteroatoms. The number of aliphatic carboxylic acids is 1. The molecule has 2 aromatic carbocycles. The Balaban J connectivity index is 1.89. The molecule has 1 heterocycles. The van der Waals surface area contributed by atoms with Crippen LogP contribution in [0, 0.1) is 0 Å². The van der Waals surface area contributed by atoms with E-state index < -0.39 is 24.7 Å². The lowest BCUT2D eigenvalue weighted by Gasteiger charge is -2.23. The van der Waals surface area contributed by atoms with Crippen molar-refractivity contribution in [3.8, 4) is 0 Å². The lowest BCUT2D eigenvalue weighted by atomic mass is 10.1.